The maximum Gasteiger partial charge on any atom is 0.264 e. The van der Waals surface area contributed by atoms with E-state index >= 15 is 0 Å². The monoisotopic (exact) mass is 318 g/mol. The fourth-order valence-corrected chi connectivity index (χ4v) is 3.04. The summed E-state index contributed by atoms with van der Waals surface area (Å²) in [5.74, 6) is 1.33. The van der Waals surface area contributed by atoms with Crippen molar-refractivity contribution < 1.29 is 9.53 Å². The molecule has 0 radical (unpaired) electrons. The predicted octanol–water partition coefficient (Wildman–Crippen LogP) is 1.90. The third-order valence-electron chi connectivity index (χ3n) is 3.51. The molecule has 3 heterocycles. The fraction of sp³-hybridized carbons (Fsp3) is 0.400. The van der Waals surface area contributed by atoms with Crippen molar-refractivity contribution in [3.63, 3.8) is 0 Å². The first kappa shape index (κ1) is 14.8. The van der Waals surface area contributed by atoms with Crippen LogP contribution in [-0.2, 0) is 0 Å². The lowest BCUT2D eigenvalue weighted by Crippen LogP contribution is -2.30. The Morgan fingerprint density at radius 1 is 1.45 bits per heavy atom. The molecule has 1 aliphatic rings. The molecule has 2 aromatic rings. The van der Waals surface area contributed by atoms with Crippen LogP contribution in [0.1, 0.15) is 16.1 Å². The van der Waals surface area contributed by atoms with Crippen LogP contribution in [0.15, 0.2) is 29.9 Å². The van der Waals surface area contributed by atoms with Crippen molar-refractivity contribution in [3.8, 4) is 5.88 Å². The number of nitrogens with zero attached hydrogens (tertiary/aromatic N) is 4. The van der Waals surface area contributed by atoms with Crippen LogP contribution in [0.2, 0.25) is 0 Å². The summed E-state index contributed by atoms with van der Waals surface area (Å²) in [4.78, 5) is 25.3. The largest absolute Gasteiger partial charge is 0.471 e. The van der Waals surface area contributed by atoms with E-state index in [4.69, 9.17) is 4.74 Å². The number of hydrogen-bond acceptors (Lipinski definition) is 6. The molecule has 0 saturated carbocycles. The number of anilines is 1. The number of aromatic nitrogens is 2. The zero-order chi connectivity index (χ0) is 15.5. The number of rotatable bonds is 4. The van der Waals surface area contributed by atoms with E-state index in [2.05, 4.69) is 9.97 Å². The normalized spacial score (nSPS) is 17.5. The number of hydrogen-bond donors (Lipinski definition) is 0. The number of carbonyl (C=O) groups is 1. The van der Waals surface area contributed by atoms with Crippen LogP contribution in [0, 0.1) is 0 Å². The fourth-order valence-electron chi connectivity index (χ4n) is 2.35. The Morgan fingerprint density at radius 3 is 3.05 bits per heavy atom. The minimum atomic E-state index is -0.0318. The molecular weight excluding hydrogens is 300 g/mol. The van der Waals surface area contributed by atoms with Gasteiger partial charge in [0.15, 0.2) is 5.82 Å². The molecular formula is C15H18N4O2S. The van der Waals surface area contributed by atoms with E-state index < -0.39 is 0 Å². The van der Waals surface area contributed by atoms with Crippen molar-refractivity contribution in [1.82, 2.24) is 14.9 Å². The van der Waals surface area contributed by atoms with Gasteiger partial charge >= 0.3 is 0 Å². The van der Waals surface area contributed by atoms with Crippen LogP contribution in [0.25, 0.3) is 0 Å². The zero-order valence-corrected chi connectivity index (χ0v) is 13.4. The maximum absolute atomic E-state index is 12.3. The van der Waals surface area contributed by atoms with E-state index in [1.54, 1.807) is 12.4 Å². The van der Waals surface area contributed by atoms with Gasteiger partial charge in [-0.2, -0.15) is 4.98 Å². The summed E-state index contributed by atoms with van der Waals surface area (Å²) in [6.45, 7) is 1.30. The number of ether oxygens (including phenoxy) is 1. The van der Waals surface area contributed by atoms with Crippen molar-refractivity contribution in [2.75, 3.05) is 32.1 Å². The van der Waals surface area contributed by atoms with Crippen molar-refractivity contribution in [1.29, 1.82) is 0 Å². The summed E-state index contributed by atoms with van der Waals surface area (Å²) in [7, 11) is 3.82. The topological polar surface area (TPSA) is 58.6 Å². The van der Waals surface area contributed by atoms with Gasteiger partial charge in [0.1, 0.15) is 6.10 Å². The standard InChI is InChI=1S/C15H18N4O2S/c1-18(2)13-8-16-9-14(17-13)21-11-5-6-19(10-11)15(20)12-4-3-7-22-12/h3-4,7-9,11H,5-6,10H2,1-2H3. The Hall–Kier alpha value is -2.15. The number of amides is 1. The van der Waals surface area contributed by atoms with E-state index in [-0.39, 0.29) is 12.0 Å². The van der Waals surface area contributed by atoms with Gasteiger partial charge in [0.25, 0.3) is 5.91 Å². The quantitative estimate of drug-likeness (QED) is 0.862. The highest BCUT2D eigenvalue weighted by molar-refractivity contribution is 7.12. The Morgan fingerprint density at radius 2 is 2.32 bits per heavy atom. The van der Waals surface area contributed by atoms with Gasteiger partial charge in [-0.15, -0.1) is 11.3 Å². The number of carbonyl (C=O) groups excluding carboxylic acids is 1. The Kier molecular flexibility index (Phi) is 4.24. The van der Waals surface area contributed by atoms with Crippen LogP contribution in [0.3, 0.4) is 0 Å². The minimum Gasteiger partial charge on any atom is -0.471 e. The van der Waals surface area contributed by atoms with Gasteiger partial charge in [0.2, 0.25) is 5.88 Å². The first-order valence-corrected chi connectivity index (χ1v) is 8.00. The van der Waals surface area contributed by atoms with Crippen LogP contribution in [-0.4, -0.2) is 54.1 Å². The van der Waals surface area contributed by atoms with E-state index in [1.165, 1.54) is 11.3 Å². The first-order chi connectivity index (χ1) is 10.6. The molecule has 6 nitrogen and oxygen atoms in total. The summed E-state index contributed by atoms with van der Waals surface area (Å²) in [5.41, 5.74) is 0. The average Bonchev–Trinajstić information content (AvgIpc) is 3.18. The van der Waals surface area contributed by atoms with Crippen LogP contribution < -0.4 is 9.64 Å². The van der Waals surface area contributed by atoms with Gasteiger partial charge in [-0.3, -0.25) is 9.78 Å². The van der Waals surface area contributed by atoms with Crippen molar-refractivity contribution in [3.05, 3.63) is 34.8 Å². The number of thiophene rings is 1. The molecule has 1 saturated heterocycles. The van der Waals surface area contributed by atoms with E-state index in [1.807, 2.05) is 41.4 Å². The lowest BCUT2D eigenvalue weighted by molar-refractivity contribution is 0.0776. The summed E-state index contributed by atoms with van der Waals surface area (Å²) in [6, 6.07) is 3.75. The highest BCUT2D eigenvalue weighted by Gasteiger charge is 2.29. The van der Waals surface area contributed by atoms with Gasteiger partial charge in [-0.25, -0.2) is 0 Å². The molecule has 22 heavy (non-hydrogen) atoms. The van der Waals surface area contributed by atoms with Gasteiger partial charge in [-0.05, 0) is 11.4 Å². The van der Waals surface area contributed by atoms with Crippen LogP contribution in [0.4, 0.5) is 5.82 Å². The molecule has 1 aliphatic heterocycles. The van der Waals surface area contributed by atoms with Crippen molar-refractivity contribution in [2.24, 2.45) is 0 Å². The average molecular weight is 318 g/mol. The molecule has 0 aromatic carbocycles. The first-order valence-electron chi connectivity index (χ1n) is 7.12. The lowest BCUT2D eigenvalue weighted by Gasteiger charge is -2.17. The third kappa shape index (κ3) is 3.19. The molecule has 0 spiro atoms. The summed E-state index contributed by atoms with van der Waals surface area (Å²) < 4.78 is 5.87. The Labute approximate surface area is 133 Å². The van der Waals surface area contributed by atoms with Crippen LogP contribution >= 0.6 is 11.3 Å². The number of likely N-dealkylation sites (tertiary alicyclic amines) is 1. The van der Waals surface area contributed by atoms with Crippen LogP contribution in [0.5, 0.6) is 5.88 Å². The summed E-state index contributed by atoms with van der Waals surface area (Å²) in [5, 5.41) is 1.92. The smallest absolute Gasteiger partial charge is 0.264 e. The molecule has 7 heteroatoms. The molecule has 116 valence electrons. The van der Waals surface area contributed by atoms with Gasteiger partial charge < -0.3 is 14.5 Å². The van der Waals surface area contributed by atoms with Gasteiger partial charge in [-0.1, -0.05) is 6.07 Å². The Balaban J connectivity index is 1.61. The zero-order valence-electron chi connectivity index (χ0n) is 12.6. The Bertz CT molecular complexity index is 645. The molecule has 1 unspecified atom stereocenters. The third-order valence-corrected chi connectivity index (χ3v) is 4.37. The molecule has 0 N–H and O–H groups in total. The van der Waals surface area contributed by atoms with Gasteiger partial charge in [0.05, 0.1) is 23.8 Å². The summed E-state index contributed by atoms with van der Waals surface area (Å²) >= 11 is 1.47. The summed E-state index contributed by atoms with van der Waals surface area (Å²) in [6.07, 6.45) is 4.08. The minimum absolute atomic E-state index is 0.0318. The lowest BCUT2D eigenvalue weighted by atomic mass is 10.3. The second-order valence-corrected chi connectivity index (χ2v) is 6.31. The van der Waals surface area contributed by atoms with E-state index in [0.717, 1.165) is 17.1 Å². The highest BCUT2D eigenvalue weighted by atomic mass is 32.1. The van der Waals surface area contributed by atoms with Crippen molar-refractivity contribution in [2.45, 2.75) is 12.5 Å². The SMILES string of the molecule is CN(C)c1cncc(OC2CCN(C(=O)c3cccs3)C2)n1. The molecule has 1 amide bonds. The highest BCUT2D eigenvalue weighted by Crippen LogP contribution is 2.21. The van der Waals surface area contributed by atoms with Crippen molar-refractivity contribution >= 4 is 23.1 Å². The molecule has 1 fully saturated rings. The van der Waals surface area contributed by atoms with E-state index in [9.17, 15) is 4.79 Å². The molecule has 1 atom stereocenters. The molecule has 0 bridgehead atoms. The molecule has 2 aromatic heterocycles. The predicted molar refractivity (Wildman–Crippen MR) is 85.6 cm³/mol. The van der Waals surface area contributed by atoms with Gasteiger partial charge in [0, 0.05) is 27.1 Å². The van der Waals surface area contributed by atoms with E-state index in [0.29, 0.717) is 19.0 Å². The molecule has 3 rings (SSSR count). The maximum atomic E-state index is 12.3. The second-order valence-electron chi connectivity index (χ2n) is 5.37. The molecule has 0 aliphatic carbocycles. The second kappa shape index (κ2) is 6.31.